The predicted octanol–water partition coefficient (Wildman–Crippen LogP) is 3.22. The maximum atomic E-state index is 12.4. The molecule has 2 heterocycles. The molecule has 1 fully saturated rings. The van der Waals surface area contributed by atoms with E-state index < -0.39 is 0 Å². The third kappa shape index (κ3) is 5.87. The fourth-order valence-electron chi connectivity index (χ4n) is 3.33. The van der Waals surface area contributed by atoms with E-state index >= 15 is 0 Å². The van der Waals surface area contributed by atoms with Gasteiger partial charge in [-0.1, -0.05) is 39.0 Å². The maximum absolute atomic E-state index is 12.4. The SMILES string of the molecule is CCCCCCCCN(N)C1CCN(C(=O)c2cccnc2)CC1. The molecule has 0 spiro atoms. The van der Waals surface area contributed by atoms with E-state index in [-0.39, 0.29) is 5.91 Å². The number of nitrogens with two attached hydrogens (primary N) is 1. The fourth-order valence-corrected chi connectivity index (χ4v) is 3.33. The van der Waals surface area contributed by atoms with E-state index in [2.05, 4.69) is 11.9 Å². The number of likely N-dealkylation sites (tertiary alicyclic amines) is 1. The van der Waals surface area contributed by atoms with Crippen LogP contribution in [0.3, 0.4) is 0 Å². The predicted molar refractivity (Wildman–Crippen MR) is 97.4 cm³/mol. The lowest BCUT2D eigenvalue weighted by molar-refractivity contribution is 0.0615. The number of hydrogen-bond donors (Lipinski definition) is 1. The summed E-state index contributed by atoms with van der Waals surface area (Å²) in [5.41, 5.74) is 0.674. The number of aromatic nitrogens is 1. The third-order valence-corrected chi connectivity index (χ3v) is 4.90. The second-order valence-electron chi connectivity index (χ2n) is 6.77. The Morgan fingerprint density at radius 2 is 1.96 bits per heavy atom. The van der Waals surface area contributed by atoms with E-state index in [9.17, 15) is 4.79 Å². The highest BCUT2D eigenvalue weighted by Crippen LogP contribution is 2.17. The molecule has 2 N–H and O–H groups in total. The molecule has 24 heavy (non-hydrogen) atoms. The zero-order valence-electron chi connectivity index (χ0n) is 15.0. The number of carbonyl (C=O) groups excluding carboxylic acids is 1. The first kappa shape index (κ1) is 18.9. The van der Waals surface area contributed by atoms with Crippen LogP contribution in [0.4, 0.5) is 0 Å². The van der Waals surface area contributed by atoms with Crippen LogP contribution < -0.4 is 5.84 Å². The van der Waals surface area contributed by atoms with E-state index in [4.69, 9.17) is 5.84 Å². The largest absolute Gasteiger partial charge is 0.338 e. The molecule has 0 saturated carbocycles. The number of unbranched alkanes of at least 4 members (excludes halogenated alkanes) is 5. The van der Waals surface area contributed by atoms with E-state index in [1.54, 1.807) is 12.4 Å². The highest BCUT2D eigenvalue weighted by Gasteiger charge is 2.26. The summed E-state index contributed by atoms with van der Waals surface area (Å²) in [6, 6.07) is 4.04. The van der Waals surface area contributed by atoms with Crippen molar-refractivity contribution in [3.63, 3.8) is 0 Å². The molecule has 1 aliphatic rings. The highest BCUT2D eigenvalue weighted by molar-refractivity contribution is 5.93. The smallest absolute Gasteiger partial charge is 0.255 e. The van der Waals surface area contributed by atoms with Gasteiger partial charge in [0.05, 0.1) is 5.56 Å². The highest BCUT2D eigenvalue weighted by atomic mass is 16.2. The fraction of sp³-hybridized carbons (Fsp3) is 0.684. The molecular formula is C19H32N4O. The van der Waals surface area contributed by atoms with Gasteiger partial charge in [0.2, 0.25) is 0 Å². The Bertz CT molecular complexity index is 472. The zero-order chi connectivity index (χ0) is 17.2. The van der Waals surface area contributed by atoms with Crippen LogP contribution in [-0.2, 0) is 0 Å². The summed E-state index contributed by atoms with van der Waals surface area (Å²) in [6.07, 6.45) is 13.0. The molecular weight excluding hydrogens is 300 g/mol. The van der Waals surface area contributed by atoms with Crippen molar-refractivity contribution < 1.29 is 4.79 Å². The van der Waals surface area contributed by atoms with Gasteiger partial charge < -0.3 is 4.90 Å². The number of rotatable bonds is 9. The van der Waals surface area contributed by atoms with Gasteiger partial charge >= 0.3 is 0 Å². The molecule has 1 saturated heterocycles. The Kier molecular flexibility index (Phi) is 8.19. The first-order chi connectivity index (χ1) is 11.7. The summed E-state index contributed by atoms with van der Waals surface area (Å²) < 4.78 is 0. The number of hydrogen-bond acceptors (Lipinski definition) is 4. The summed E-state index contributed by atoms with van der Waals surface area (Å²) in [5, 5.41) is 2.01. The quantitative estimate of drug-likeness (QED) is 0.428. The minimum atomic E-state index is 0.0843. The molecule has 0 bridgehead atoms. The molecule has 1 amide bonds. The van der Waals surface area contributed by atoms with Crippen LogP contribution in [0.2, 0.25) is 0 Å². The molecule has 0 aliphatic carbocycles. The van der Waals surface area contributed by atoms with Crippen molar-refractivity contribution in [2.75, 3.05) is 19.6 Å². The van der Waals surface area contributed by atoms with Gasteiger partial charge in [0.1, 0.15) is 0 Å². The standard InChI is InChI=1S/C19H32N4O/c1-2-3-4-5-6-7-13-23(20)18-10-14-22(15-11-18)19(24)17-9-8-12-21-16-17/h8-9,12,16,18H,2-7,10-11,13-15,20H2,1H3. The number of carbonyl (C=O) groups is 1. The lowest BCUT2D eigenvalue weighted by atomic mass is 10.0. The molecule has 0 radical (unpaired) electrons. The van der Waals surface area contributed by atoms with Gasteiger partial charge in [0.25, 0.3) is 5.91 Å². The van der Waals surface area contributed by atoms with Crippen molar-refractivity contribution in [1.82, 2.24) is 14.9 Å². The Morgan fingerprint density at radius 1 is 1.25 bits per heavy atom. The summed E-state index contributed by atoms with van der Waals surface area (Å²) in [7, 11) is 0. The van der Waals surface area contributed by atoms with Crippen molar-refractivity contribution >= 4 is 5.91 Å². The summed E-state index contributed by atoms with van der Waals surface area (Å²) in [6.45, 7) is 4.77. The average Bonchev–Trinajstić information content (AvgIpc) is 2.64. The minimum absolute atomic E-state index is 0.0843. The Hall–Kier alpha value is -1.46. The van der Waals surface area contributed by atoms with Crippen LogP contribution in [0.15, 0.2) is 24.5 Å². The number of amides is 1. The molecule has 1 aliphatic heterocycles. The molecule has 0 aromatic carbocycles. The second-order valence-corrected chi connectivity index (χ2v) is 6.77. The van der Waals surface area contributed by atoms with Crippen molar-refractivity contribution in [3.8, 4) is 0 Å². The Balaban J connectivity index is 1.65. The van der Waals surface area contributed by atoms with Gasteiger partial charge in [-0.05, 0) is 31.4 Å². The molecule has 2 rings (SSSR count). The molecule has 134 valence electrons. The minimum Gasteiger partial charge on any atom is -0.338 e. The summed E-state index contributed by atoms with van der Waals surface area (Å²) >= 11 is 0. The molecule has 0 atom stereocenters. The van der Waals surface area contributed by atoms with Gasteiger partial charge in [-0.3, -0.25) is 15.6 Å². The van der Waals surface area contributed by atoms with Gasteiger partial charge in [0.15, 0.2) is 0 Å². The van der Waals surface area contributed by atoms with Crippen LogP contribution >= 0.6 is 0 Å². The number of nitrogens with zero attached hydrogens (tertiary/aromatic N) is 3. The number of piperidine rings is 1. The van der Waals surface area contributed by atoms with Crippen molar-refractivity contribution in [2.45, 2.75) is 64.3 Å². The zero-order valence-corrected chi connectivity index (χ0v) is 15.0. The topological polar surface area (TPSA) is 62.5 Å². The Labute approximate surface area is 146 Å². The Morgan fingerprint density at radius 3 is 2.62 bits per heavy atom. The van der Waals surface area contributed by atoms with Gasteiger partial charge in [-0.25, -0.2) is 5.01 Å². The molecule has 5 heteroatoms. The van der Waals surface area contributed by atoms with Crippen molar-refractivity contribution in [1.29, 1.82) is 0 Å². The first-order valence-electron chi connectivity index (χ1n) is 9.43. The first-order valence-corrected chi connectivity index (χ1v) is 9.43. The molecule has 5 nitrogen and oxygen atoms in total. The molecule has 1 aromatic heterocycles. The monoisotopic (exact) mass is 332 g/mol. The van der Waals surface area contributed by atoms with Crippen LogP contribution in [0.1, 0.15) is 68.6 Å². The van der Waals surface area contributed by atoms with Crippen LogP contribution in [-0.4, -0.2) is 46.5 Å². The van der Waals surface area contributed by atoms with E-state index in [0.717, 1.165) is 32.5 Å². The van der Waals surface area contributed by atoms with E-state index in [1.807, 2.05) is 22.0 Å². The van der Waals surface area contributed by atoms with Gasteiger partial charge in [-0.15, -0.1) is 0 Å². The van der Waals surface area contributed by atoms with Crippen LogP contribution in [0.5, 0.6) is 0 Å². The van der Waals surface area contributed by atoms with Crippen molar-refractivity contribution in [3.05, 3.63) is 30.1 Å². The normalized spacial score (nSPS) is 15.9. The lowest BCUT2D eigenvalue weighted by Gasteiger charge is -2.36. The molecule has 1 aromatic rings. The summed E-state index contributed by atoms with van der Waals surface area (Å²) in [5.74, 6) is 6.33. The average molecular weight is 332 g/mol. The van der Waals surface area contributed by atoms with Gasteiger partial charge in [0, 0.05) is 38.1 Å². The number of hydrazine groups is 1. The third-order valence-electron chi connectivity index (χ3n) is 4.90. The van der Waals surface area contributed by atoms with Crippen molar-refractivity contribution in [2.24, 2.45) is 5.84 Å². The number of pyridine rings is 1. The van der Waals surface area contributed by atoms with Crippen LogP contribution in [0, 0.1) is 0 Å². The van der Waals surface area contributed by atoms with E-state index in [0.29, 0.717) is 11.6 Å². The lowest BCUT2D eigenvalue weighted by Crippen LogP contribution is -2.49. The molecule has 0 unspecified atom stereocenters. The van der Waals surface area contributed by atoms with E-state index in [1.165, 1.54) is 38.5 Å². The maximum Gasteiger partial charge on any atom is 0.255 e. The summed E-state index contributed by atoms with van der Waals surface area (Å²) in [4.78, 5) is 18.4. The van der Waals surface area contributed by atoms with Crippen LogP contribution in [0.25, 0.3) is 0 Å². The van der Waals surface area contributed by atoms with Gasteiger partial charge in [-0.2, -0.15) is 0 Å². The second kappa shape index (κ2) is 10.4.